The van der Waals surface area contributed by atoms with Crippen molar-refractivity contribution in [1.82, 2.24) is 0 Å². The summed E-state index contributed by atoms with van der Waals surface area (Å²) in [6, 6.07) is 18.1. The largest absolute Gasteiger partial charge is 0.0782 e. The lowest BCUT2D eigenvalue weighted by molar-refractivity contribution is 1.70. The third kappa shape index (κ3) is 2.44. The maximum absolute atomic E-state index is 2.49. The molecule has 0 radical (unpaired) electrons. The van der Waals surface area contributed by atoms with Crippen LogP contribution in [-0.4, -0.2) is 16.1 Å². The molecule has 0 aromatic heterocycles. The van der Waals surface area contributed by atoms with E-state index in [1.165, 1.54) is 21.5 Å². The fourth-order valence-electron chi connectivity index (χ4n) is 3.70. The van der Waals surface area contributed by atoms with Gasteiger partial charge in [0.1, 0.15) is 0 Å². The molecule has 3 aromatic rings. The standard InChI is InChI=1S/C20H26Si2/c1-21(2,3)19-17-13-9-7-11-15(17)16-12-8-10-14-18(16)20(19)22(4,5)6/h7-14H,1-6H3. The van der Waals surface area contributed by atoms with Crippen LogP contribution in [0, 0.1) is 0 Å². The van der Waals surface area contributed by atoms with Gasteiger partial charge in [-0.3, -0.25) is 0 Å². The molecule has 2 heteroatoms. The van der Waals surface area contributed by atoms with Gasteiger partial charge in [0.15, 0.2) is 0 Å². The lowest BCUT2D eigenvalue weighted by atomic mass is 10.0. The minimum atomic E-state index is -1.43. The van der Waals surface area contributed by atoms with E-state index in [0.717, 1.165) is 0 Å². The predicted octanol–water partition coefficient (Wildman–Crippen LogP) is 5.08. The third-order valence-electron chi connectivity index (χ3n) is 4.43. The first kappa shape index (κ1) is 15.5. The molecule has 22 heavy (non-hydrogen) atoms. The van der Waals surface area contributed by atoms with Gasteiger partial charge in [-0.05, 0) is 21.5 Å². The molecule has 0 bridgehead atoms. The summed E-state index contributed by atoms with van der Waals surface area (Å²) in [6.45, 7) is 15.0. The summed E-state index contributed by atoms with van der Waals surface area (Å²) in [4.78, 5) is 0. The van der Waals surface area contributed by atoms with Crippen molar-refractivity contribution in [3.8, 4) is 0 Å². The molecule has 0 amide bonds. The zero-order valence-electron chi connectivity index (χ0n) is 14.6. The van der Waals surface area contributed by atoms with Crippen LogP contribution in [0.15, 0.2) is 48.5 Å². The Morgan fingerprint density at radius 1 is 0.455 bits per heavy atom. The van der Waals surface area contributed by atoms with E-state index in [0.29, 0.717) is 0 Å². The minimum Gasteiger partial charge on any atom is -0.0656 e. The first-order valence-electron chi connectivity index (χ1n) is 8.15. The monoisotopic (exact) mass is 322 g/mol. The number of fused-ring (bicyclic) bond motifs is 3. The zero-order chi connectivity index (χ0) is 16.1. The van der Waals surface area contributed by atoms with Gasteiger partial charge in [0, 0.05) is 0 Å². The Bertz CT molecular complexity index is 776. The molecule has 3 aromatic carbocycles. The summed E-state index contributed by atoms with van der Waals surface area (Å²) in [5, 5.41) is 9.24. The first-order valence-corrected chi connectivity index (χ1v) is 15.2. The SMILES string of the molecule is C[Si](C)(C)c1c([Si](C)(C)C)c2ccccc2c2ccccc12. The van der Waals surface area contributed by atoms with Crippen molar-refractivity contribution < 1.29 is 0 Å². The Labute approximate surface area is 136 Å². The van der Waals surface area contributed by atoms with Crippen LogP contribution in [0.1, 0.15) is 0 Å². The van der Waals surface area contributed by atoms with Crippen LogP contribution in [0.25, 0.3) is 21.5 Å². The second-order valence-electron chi connectivity index (χ2n) is 8.34. The van der Waals surface area contributed by atoms with E-state index in [1.54, 1.807) is 10.4 Å². The average Bonchev–Trinajstić information content (AvgIpc) is 2.43. The van der Waals surface area contributed by atoms with E-state index in [4.69, 9.17) is 0 Å². The van der Waals surface area contributed by atoms with E-state index >= 15 is 0 Å². The van der Waals surface area contributed by atoms with Crippen LogP contribution in [0.5, 0.6) is 0 Å². The maximum atomic E-state index is 2.49. The second-order valence-corrected chi connectivity index (χ2v) is 18.3. The fraction of sp³-hybridized carbons (Fsp3) is 0.300. The summed E-state index contributed by atoms with van der Waals surface area (Å²) >= 11 is 0. The van der Waals surface area contributed by atoms with E-state index < -0.39 is 16.1 Å². The van der Waals surface area contributed by atoms with Crippen LogP contribution >= 0.6 is 0 Å². The molecule has 0 aliphatic rings. The van der Waals surface area contributed by atoms with Gasteiger partial charge in [-0.25, -0.2) is 0 Å². The van der Waals surface area contributed by atoms with E-state index in [-0.39, 0.29) is 0 Å². The summed E-state index contributed by atoms with van der Waals surface area (Å²) < 4.78 is 0. The van der Waals surface area contributed by atoms with Crippen LogP contribution in [0.2, 0.25) is 39.3 Å². The molecule has 0 N–H and O–H groups in total. The van der Waals surface area contributed by atoms with Gasteiger partial charge in [-0.1, -0.05) is 98.2 Å². The normalized spacial score (nSPS) is 13.0. The zero-order valence-corrected chi connectivity index (χ0v) is 16.6. The van der Waals surface area contributed by atoms with Crippen molar-refractivity contribution in [2.45, 2.75) is 39.3 Å². The lowest BCUT2D eigenvalue weighted by Gasteiger charge is -2.31. The molecule has 0 aliphatic heterocycles. The van der Waals surface area contributed by atoms with Crippen molar-refractivity contribution in [2.24, 2.45) is 0 Å². The van der Waals surface area contributed by atoms with Crippen LogP contribution in [-0.2, 0) is 0 Å². The minimum absolute atomic E-state index is 1.43. The van der Waals surface area contributed by atoms with Crippen molar-refractivity contribution in [3.63, 3.8) is 0 Å². The molecule has 0 atom stereocenters. The molecule has 3 rings (SSSR count). The lowest BCUT2D eigenvalue weighted by Crippen LogP contribution is -2.56. The van der Waals surface area contributed by atoms with Crippen LogP contribution in [0.3, 0.4) is 0 Å². The maximum Gasteiger partial charge on any atom is 0.0782 e. The Morgan fingerprint density at radius 2 is 0.727 bits per heavy atom. The predicted molar refractivity (Wildman–Crippen MR) is 107 cm³/mol. The molecule has 0 saturated heterocycles. The number of hydrogen-bond donors (Lipinski definition) is 0. The number of benzene rings is 3. The molecule has 0 unspecified atom stereocenters. The summed E-state index contributed by atoms with van der Waals surface area (Å²) in [6.07, 6.45) is 0. The van der Waals surface area contributed by atoms with Gasteiger partial charge in [-0.2, -0.15) is 0 Å². The van der Waals surface area contributed by atoms with Gasteiger partial charge in [0.2, 0.25) is 0 Å². The second kappa shape index (κ2) is 5.07. The fourth-order valence-corrected chi connectivity index (χ4v) is 9.77. The highest BCUT2D eigenvalue weighted by atomic mass is 28.3. The van der Waals surface area contributed by atoms with E-state index in [1.807, 2.05) is 0 Å². The third-order valence-corrected chi connectivity index (χ3v) is 8.72. The van der Waals surface area contributed by atoms with Gasteiger partial charge >= 0.3 is 0 Å². The van der Waals surface area contributed by atoms with Crippen molar-refractivity contribution in [1.29, 1.82) is 0 Å². The van der Waals surface area contributed by atoms with Crippen molar-refractivity contribution in [2.75, 3.05) is 0 Å². The molecular weight excluding hydrogens is 296 g/mol. The van der Waals surface area contributed by atoms with E-state index in [2.05, 4.69) is 87.8 Å². The topological polar surface area (TPSA) is 0 Å². The highest BCUT2D eigenvalue weighted by Gasteiger charge is 2.31. The van der Waals surface area contributed by atoms with Gasteiger partial charge < -0.3 is 0 Å². The van der Waals surface area contributed by atoms with Crippen molar-refractivity contribution in [3.05, 3.63) is 48.5 Å². The molecule has 0 saturated carbocycles. The molecule has 0 spiro atoms. The molecule has 0 fully saturated rings. The Kier molecular flexibility index (Phi) is 3.57. The van der Waals surface area contributed by atoms with Gasteiger partial charge in [0.05, 0.1) is 16.1 Å². The number of rotatable bonds is 2. The Hall–Kier alpha value is -1.39. The van der Waals surface area contributed by atoms with Crippen LogP contribution < -0.4 is 10.4 Å². The summed E-state index contributed by atoms with van der Waals surface area (Å²) in [5.74, 6) is 0. The molecule has 0 nitrogen and oxygen atoms in total. The van der Waals surface area contributed by atoms with Crippen molar-refractivity contribution >= 4 is 48.1 Å². The summed E-state index contributed by atoms with van der Waals surface area (Å²) in [5.41, 5.74) is 0. The molecule has 0 aliphatic carbocycles. The smallest absolute Gasteiger partial charge is 0.0656 e. The Morgan fingerprint density at radius 3 is 1.00 bits per heavy atom. The highest BCUT2D eigenvalue weighted by Crippen LogP contribution is 2.27. The van der Waals surface area contributed by atoms with Gasteiger partial charge in [-0.15, -0.1) is 0 Å². The van der Waals surface area contributed by atoms with E-state index in [9.17, 15) is 0 Å². The molecule has 0 heterocycles. The Balaban J connectivity index is 2.68. The van der Waals surface area contributed by atoms with Crippen LogP contribution in [0.4, 0.5) is 0 Å². The number of hydrogen-bond acceptors (Lipinski definition) is 0. The average molecular weight is 323 g/mol. The summed E-state index contributed by atoms with van der Waals surface area (Å²) in [7, 11) is -2.87. The molecule has 114 valence electrons. The first-order chi connectivity index (χ1) is 10.2. The van der Waals surface area contributed by atoms with Gasteiger partial charge in [0.25, 0.3) is 0 Å². The molecular formula is C20H26Si2. The highest BCUT2D eigenvalue weighted by molar-refractivity contribution is 7.01. The quantitative estimate of drug-likeness (QED) is 0.456.